The zero-order valence-corrected chi connectivity index (χ0v) is 16.8. The number of carbonyl (C=O) groups excluding carboxylic acids is 2. The number of sulfonamides is 1. The third-order valence-electron chi connectivity index (χ3n) is 3.88. The van der Waals surface area contributed by atoms with Crippen molar-refractivity contribution < 1.29 is 22.7 Å². The summed E-state index contributed by atoms with van der Waals surface area (Å²) in [4.78, 5) is 26.5. The van der Waals surface area contributed by atoms with Crippen molar-refractivity contribution in [3.63, 3.8) is 0 Å². The second kappa shape index (κ2) is 8.10. The fourth-order valence-electron chi connectivity index (χ4n) is 2.75. The molecule has 2 N–H and O–H groups in total. The maximum atomic E-state index is 12.5. The highest BCUT2D eigenvalue weighted by atomic mass is 32.2. The Kier molecular flexibility index (Phi) is 5.79. The number of hydrogen-bond donors (Lipinski definition) is 2. The van der Waals surface area contributed by atoms with Gasteiger partial charge in [-0.25, -0.2) is 8.42 Å². The number of para-hydroxylation sites is 2. The van der Waals surface area contributed by atoms with Gasteiger partial charge in [0.1, 0.15) is 5.75 Å². The Balaban J connectivity index is 1.68. The summed E-state index contributed by atoms with van der Waals surface area (Å²) >= 11 is 0.891. The lowest BCUT2D eigenvalue weighted by Crippen LogP contribution is -2.28. The van der Waals surface area contributed by atoms with Crippen molar-refractivity contribution in [2.45, 2.75) is 13.3 Å². The average molecular weight is 425 g/mol. The topological polar surface area (TPSA) is 131 Å². The van der Waals surface area contributed by atoms with Crippen molar-refractivity contribution in [2.24, 2.45) is 5.92 Å². The molecule has 1 saturated heterocycles. The highest BCUT2D eigenvalue weighted by Gasteiger charge is 2.36. The zero-order chi connectivity index (χ0) is 20.3. The predicted molar refractivity (Wildman–Crippen MR) is 105 cm³/mol. The van der Waals surface area contributed by atoms with Crippen LogP contribution in [0.2, 0.25) is 0 Å². The Hall–Kier alpha value is -2.73. The molecule has 1 aliphatic heterocycles. The van der Waals surface area contributed by atoms with Gasteiger partial charge in [-0.15, -0.1) is 10.2 Å². The van der Waals surface area contributed by atoms with Gasteiger partial charge in [0.05, 0.1) is 24.5 Å². The first-order chi connectivity index (χ1) is 13.3. The van der Waals surface area contributed by atoms with Crippen LogP contribution >= 0.6 is 11.3 Å². The van der Waals surface area contributed by atoms with Gasteiger partial charge in [-0.1, -0.05) is 23.5 Å². The number of carbonyl (C=O) groups is 2. The number of benzene rings is 1. The number of amides is 2. The molecule has 28 heavy (non-hydrogen) atoms. The minimum absolute atomic E-state index is 0.0487. The Labute approximate surface area is 166 Å². The monoisotopic (exact) mass is 425 g/mol. The molecule has 10 nitrogen and oxygen atoms in total. The molecule has 1 aromatic carbocycles. The van der Waals surface area contributed by atoms with E-state index in [-0.39, 0.29) is 35.0 Å². The largest absolute Gasteiger partial charge is 0.492 e. The van der Waals surface area contributed by atoms with Crippen LogP contribution in [0.1, 0.15) is 13.3 Å². The molecule has 3 rings (SSSR count). The molecule has 1 aromatic heterocycles. The molecule has 0 bridgehead atoms. The molecular formula is C16H19N5O5S2. The summed E-state index contributed by atoms with van der Waals surface area (Å²) in [5.74, 6) is -0.548. The van der Waals surface area contributed by atoms with Gasteiger partial charge in [0.25, 0.3) is 0 Å². The standard InChI is InChI=1S/C16H19N5O5S2/c1-3-26-12-7-5-4-6-11(12)21-9-10(8-13(21)22)14(23)17-15-18-19-16(27-15)20-28(2,24)25/h4-7,10H,3,8-9H2,1-2H3,(H,19,20)(H,17,18,23). The summed E-state index contributed by atoms with van der Waals surface area (Å²) in [5, 5.41) is 10.2. The van der Waals surface area contributed by atoms with E-state index in [1.807, 2.05) is 13.0 Å². The molecule has 1 atom stereocenters. The number of anilines is 3. The summed E-state index contributed by atoms with van der Waals surface area (Å²) in [6, 6.07) is 7.17. The van der Waals surface area contributed by atoms with Crippen LogP contribution in [0.15, 0.2) is 24.3 Å². The Morgan fingerprint density at radius 2 is 2.04 bits per heavy atom. The normalized spacial score (nSPS) is 16.9. The number of aromatic nitrogens is 2. The minimum atomic E-state index is -3.48. The van der Waals surface area contributed by atoms with E-state index in [0.717, 1.165) is 17.6 Å². The molecule has 2 aromatic rings. The minimum Gasteiger partial charge on any atom is -0.492 e. The summed E-state index contributed by atoms with van der Waals surface area (Å²) < 4.78 is 30.2. The molecule has 0 radical (unpaired) electrons. The maximum Gasteiger partial charge on any atom is 0.231 e. The number of nitrogens with one attached hydrogen (secondary N) is 2. The smallest absolute Gasteiger partial charge is 0.231 e. The second-order valence-corrected chi connectivity index (χ2v) is 8.81. The maximum absolute atomic E-state index is 12.5. The van der Waals surface area contributed by atoms with Crippen LogP contribution in [-0.4, -0.2) is 49.8 Å². The van der Waals surface area contributed by atoms with E-state index >= 15 is 0 Å². The van der Waals surface area contributed by atoms with Gasteiger partial charge in [-0.05, 0) is 19.1 Å². The van der Waals surface area contributed by atoms with Gasteiger partial charge in [0, 0.05) is 13.0 Å². The SMILES string of the molecule is CCOc1ccccc1N1CC(C(=O)Nc2nnc(NS(C)(=O)=O)s2)CC1=O. The lowest BCUT2D eigenvalue weighted by molar-refractivity contribution is -0.122. The van der Waals surface area contributed by atoms with Crippen molar-refractivity contribution in [3.05, 3.63) is 24.3 Å². The van der Waals surface area contributed by atoms with E-state index in [1.54, 1.807) is 18.2 Å². The number of ether oxygens (including phenoxy) is 1. The van der Waals surface area contributed by atoms with E-state index < -0.39 is 15.9 Å². The predicted octanol–water partition coefficient (Wildman–Crippen LogP) is 1.30. The highest BCUT2D eigenvalue weighted by Crippen LogP contribution is 2.33. The molecule has 1 unspecified atom stereocenters. The molecular weight excluding hydrogens is 406 g/mol. The molecule has 1 aliphatic rings. The summed E-state index contributed by atoms with van der Waals surface area (Å²) in [5.41, 5.74) is 0.625. The zero-order valence-electron chi connectivity index (χ0n) is 15.2. The van der Waals surface area contributed by atoms with Crippen molar-refractivity contribution in [1.29, 1.82) is 0 Å². The third-order valence-corrected chi connectivity index (χ3v) is 5.33. The van der Waals surface area contributed by atoms with E-state index in [9.17, 15) is 18.0 Å². The van der Waals surface area contributed by atoms with E-state index in [0.29, 0.717) is 18.0 Å². The lowest BCUT2D eigenvalue weighted by Gasteiger charge is -2.20. The summed E-state index contributed by atoms with van der Waals surface area (Å²) in [7, 11) is -3.48. The molecule has 0 spiro atoms. The van der Waals surface area contributed by atoms with Gasteiger partial charge < -0.3 is 15.0 Å². The van der Waals surface area contributed by atoms with E-state index in [1.165, 1.54) is 4.90 Å². The summed E-state index contributed by atoms with van der Waals surface area (Å²) in [6.45, 7) is 2.53. The molecule has 1 fully saturated rings. The molecule has 2 amide bonds. The van der Waals surface area contributed by atoms with Gasteiger partial charge in [0.2, 0.25) is 32.1 Å². The fraction of sp³-hybridized carbons (Fsp3) is 0.375. The quantitative estimate of drug-likeness (QED) is 0.684. The van der Waals surface area contributed by atoms with E-state index in [2.05, 4.69) is 20.2 Å². The Morgan fingerprint density at radius 3 is 2.75 bits per heavy atom. The van der Waals surface area contributed by atoms with Crippen molar-refractivity contribution in [2.75, 3.05) is 34.3 Å². The molecule has 0 saturated carbocycles. The van der Waals surface area contributed by atoms with Crippen LogP contribution in [-0.2, 0) is 19.6 Å². The van der Waals surface area contributed by atoms with Crippen molar-refractivity contribution in [3.8, 4) is 5.75 Å². The first kappa shape index (κ1) is 20.0. The van der Waals surface area contributed by atoms with Gasteiger partial charge >= 0.3 is 0 Å². The van der Waals surface area contributed by atoms with Crippen LogP contribution in [0.25, 0.3) is 0 Å². The van der Waals surface area contributed by atoms with E-state index in [4.69, 9.17) is 4.74 Å². The molecule has 12 heteroatoms. The fourth-order valence-corrected chi connectivity index (χ4v) is 4.23. The highest BCUT2D eigenvalue weighted by molar-refractivity contribution is 7.92. The Bertz CT molecular complexity index is 991. The summed E-state index contributed by atoms with van der Waals surface area (Å²) in [6.07, 6.45) is 1.05. The van der Waals surface area contributed by atoms with Crippen LogP contribution < -0.4 is 19.7 Å². The number of nitrogens with zero attached hydrogens (tertiary/aromatic N) is 3. The second-order valence-electron chi connectivity index (χ2n) is 6.08. The average Bonchev–Trinajstić information content (AvgIpc) is 3.20. The first-order valence-corrected chi connectivity index (χ1v) is 11.1. The number of hydrogen-bond acceptors (Lipinski definition) is 8. The third kappa shape index (κ3) is 4.75. The van der Waals surface area contributed by atoms with Crippen LogP contribution in [0, 0.1) is 5.92 Å². The van der Waals surface area contributed by atoms with Crippen LogP contribution in [0.4, 0.5) is 16.0 Å². The van der Waals surface area contributed by atoms with Gasteiger partial charge in [-0.2, -0.15) is 0 Å². The molecule has 2 heterocycles. The van der Waals surface area contributed by atoms with Crippen LogP contribution in [0.3, 0.4) is 0 Å². The van der Waals surface area contributed by atoms with Crippen molar-refractivity contribution >= 4 is 49.1 Å². The molecule has 150 valence electrons. The molecule has 0 aliphatic carbocycles. The Morgan fingerprint density at radius 1 is 1.32 bits per heavy atom. The first-order valence-electron chi connectivity index (χ1n) is 8.41. The number of rotatable bonds is 7. The van der Waals surface area contributed by atoms with Crippen LogP contribution in [0.5, 0.6) is 5.75 Å². The van der Waals surface area contributed by atoms with Gasteiger partial charge in [0.15, 0.2) is 0 Å². The lowest BCUT2D eigenvalue weighted by atomic mass is 10.1. The van der Waals surface area contributed by atoms with Gasteiger partial charge in [-0.3, -0.25) is 14.3 Å². The van der Waals surface area contributed by atoms with Crippen molar-refractivity contribution in [1.82, 2.24) is 10.2 Å².